The Morgan fingerprint density at radius 1 is 1.31 bits per heavy atom. The van der Waals surface area contributed by atoms with Crippen LogP contribution in [0.5, 0.6) is 0 Å². The fourth-order valence-corrected chi connectivity index (χ4v) is 2.78. The number of nitrogens with one attached hydrogen (secondary N) is 1. The van der Waals surface area contributed by atoms with Crippen molar-refractivity contribution in [1.29, 1.82) is 0 Å². The number of halogens is 3. The number of hydrogen-bond donors (Lipinski definition) is 2. The minimum Gasteiger partial charge on any atom is -0.374 e. The number of carbonyl (C=O) groups is 1. The first-order chi connectivity index (χ1) is 12.1. The zero-order valence-corrected chi connectivity index (χ0v) is 14.6. The molecule has 0 aliphatic rings. The largest absolute Gasteiger partial charge is 0.424 e. The van der Waals surface area contributed by atoms with E-state index in [1.807, 2.05) is 37.3 Å². The standard InChI is InChI=1S/C18H22F3N3O2/c1-13(14-6-4-3-5-7-14)12-15(25)22-9-8-17(26,18(19,20)21)16-23-10-11-24(16)2/h3-7,10-11,13,26H,8-9,12H2,1-2H3,(H,22,25)/t13-,17-/m0/s1. The molecule has 0 aliphatic heterocycles. The lowest BCUT2D eigenvalue weighted by molar-refractivity contribution is -0.272. The van der Waals surface area contributed by atoms with E-state index < -0.39 is 24.0 Å². The molecule has 1 amide bonds. The molecule has 0 saturated carbocycles. The van der Waals surface area contributed by atoms with Crippen molar-refractivity contribution in [3.8, 4) is 0 Å². The molecule has 2 aromatic rings. The van der Waals surface area contributed by atoms with E-state index in [0.29, 0.717) is 0 Å². The number of hydrogen-bond acceptors (Lipinski definition) is 3. The second-order valence-electron chi connectivity index (χ2n) is 6.34. The highest BCUT2D eigenvalue weighted by molar-refractivity contribution is 5.76. The van der Waals surface area contributed by atoms with E-state index in [1.54, 1.807) is 0 Å². The lowest BCUT2D eigenvalue weighted by Gasteiger charge is -2.30. The normalized spacial score (nSPS) is 15.3. The average molecular weight is 369 g/mol. The number of rotatable bonds is 7. The molecule has 0 fully saturated rings. The zero-order valence-electron chi connectivity index (χ0n) is 14.6. The SMILES string of the molecule is C[C@@H](CC(=O)NCC[C@](O)(c1nccn1C)C(F)(F)F)c1ccccc1. The minimum atomic E-state index is -4.91. The van der Waals surface area contributed by atoms with Gasteiger partial charge in [-0.15, -0.1) is 0 Å². The van der Waals surface area contributed by atoms with Crippen LogP contribution in [0, 0.1) is 0 Å². The fraction of sp³-hybridized carbons (Fsp3) is 0.444. The second kappa shape index (κ2) is 7.90. The van der Waals surface area contributed by atoms with Crippen LogP contribution in [0.25, 0.3) is 0 Å². The molecule has 1 aromatic heterocycles. The molecule has 0 aliphatic carbocycles. The topological polar surface area (TPSA) is 67.2 Å². The van der Waals surface area contributed by atoms with Crippen LogP contribution in [0.4, 0.5) is 13.2 Å². The van der Waals surface area contributed by atoms with E-state index in [0.717, 1.165) is 10.1 Å². The predicted molar refractivity (Wildman–Crippen MR) is 90.3 cm³/mol. The summed E-state index contributed by atoms with van der Waals surface area (Å²) in [5, 5.41) is 12.7. The van der Waals surface area contributed by atoms with Gasteiger partial charge in [0, 0.05) is 38.8 Å². The third-order valence-corrected chi connectivity index (χ3v) is 4.33. The fourth-order valence-electron chi connectivity index (χ4n) is 2.78. The Morgan fingerprint density at radius 2 is 1.96 bits per heavy atom. The Hall–Kier alpha value is -2.35. The Labute approximate surface area is 149 Å². The molecule has 0 bridgehead atoms. The number of aromatic nitrogens is 2. The predicted octanol–water partition coefficient (Wildman–Crippen LogP) is 2.87. The summed E-state index contributed by atoms with van der Waals surface area (Å²) in [5.74, 6) is -0.935. The number of aliphatic hydroxyl groups is 1. The monoisotopic (exact) mass is 369 g/mol. The van der Waals surface area contributed by atoms with Gasteiger partial charge in [0.05, 0.1) is 0 Å². The van der Waals surface area contributed by atoms with Crippen molar-refractivity contribution in [2.45, 2.75) is 37.5 Å². The third-order valence-electron chi connectivity index (χ3n) is 4.33. The summed E-state index contributed by atoms with van der Waals surface area (Å²) in [6.45, 7) is 1.55. The van der Waals surface area contributed by atoms with E-state index in [1.165, 1.54) is 19.4 Å². The quantitative estimate of drug-likeness (QED) is 0.789. The Bertz CT molecular complexity index is 731. The highest BCUT2D eigenvalue weighted by Crippen LogP contribution is 2.40. The van der Waals surface area contributed by atoms with Crippen molar-refractivity contribution < 1.29 is 23.1 Å². The van der Waals surface area contributed by atoms with E-state index in [2.05, 4.69) is 10.3 Å². The Morgan fingerprint density at radius 3 is 2.50 bits per heavy atom. The van der Waals surface area contributed by atoms with Gasteiger partial charge in [-0.25, -0.2) is 4.98 Å². The van der Waals surface area contributed by atoms with Crippen LogP contribution in [0.2, 0.25) is 0 Å². The summed E-state index contributed by atoms with van der Waals surface area (Å²) in [6.07, 6.45) is -2.96. The van der Waals surface area contributed by atoms with Crippen LogP contribution in [0.15, 0.2) is 42.7 Å². The molecule has 0 unspecified atom stereocenters. The average Bonchev–Trinajstić information content (AvgIpc) is 3.01. The first-order valence-corrected chi connectivity index (χ1v) is 8.23. The van der Waals surface area contributed by atoms with Gasteiger partial charge in [0.2, 0.25) is 11.5 Å². The van der Waals surface area contributed by atoms with Crippen LogP contribution in [0.1, 0.15) is 37.1 Å². The van der Waals surface area contributed by atoms with E-state index in [4.69, 9.17) is 0 Å². The van der Waals surface area contributed by atoms with Crippen LogP contribution < -0.4 is 5.32 Å². The molecule has 8 heteroatoms. The highest BCUT2D eigenvalue weighted by Gasteiger charge is 2.57. The van der Waals surface area contributed by atoms with Crippen LogP contribution >= 0.6 is 0 Å². The van der Waals surface area contributed by atoms with Gasteiger partial charge in [-0.3, -0.25) is 4.79 Å². The summed E-state index contributed by atoms with van der Waals surface area (Å²) in [7, 11) is 1.37. The van der Waals surface area contributed by atoms with E-state index in [-0.39, 0.29) is 24.8 Å². The molecule has 5 nitrogen and oxygen atoms in total. The maximum atomic E-state index is 13.4. The van der Waals surface area contributed by atoms with Crippen LogP contribution in [-0.4, -0.2) is 33.3 Å². The van der Waals surface area contributed by atoms with Crippen molar-refractivity contribution >= 4 is 5.91 Å². The summed E-state index contributed by atoms with van der Waals surface area (Å²) in [6, 6.07) is 9.37. The van der Waals surface area contributed by atoms with Crippen molar-refractivity contribution in [1.82, 2.24) is 14.9 Å². The minimum absolute atomic E-state index is 0.0627. The number of amides is 1. The smallest absolute Gasteiger partial charge is 0.374 e. The second-order valence-corrected chi connectivity index (χ2v) is 6.34. The van der Waals surface area contributed by atoms with Crippen molar-refractivity contribution in [3.05, 3.63) is 54.1 Å². The summed E-state index contributed by atoms with van der Waals surface area (Å²) < 4.78 is 41.3. The highest BCUT2D eigenvalue weighted by atomic mass is 19.4. The molecule has 2 atom stereocenters. The lowest BCUT2D eigenvalue weighted by atomic mass is 9.96. The Kier molecular flexibility index (Phi) is 6.07. The van der Waals surface area contributed by atoms with Gasteiger partial charge in [0.1, 0.15) is 5.82 Å². The molecule has 2 rings (SSSR count). The molecule has 1 heterocycles. The van der Waals surface area contributed by atoms with E-state index in [9.17, 15) is 23.1 Å². The lowest BCUT2D eigenvalue weighted by Crippen LogP contribution is -2.46. The summed E-state index contributed by atoms with van der Waals surface area (Å²) in [5.41, 5.74) is -2.15. The molecule has 142 valence electrons. The zero-order chi connectivity index (χ0) is 19.4. The van der Waals surface area contributed by atoms with Gasteiger partial charge in [-0.2, -0.15) is 13.2 Å². The number of carbonyl (C=O) groups excluding carboxylic acids is 1. The maximum Gasteiger partial charge on any atom is 0.424 e. The summed E-state index contributed by atoms with van der Waals surface area (Å²) >= 11 is 0. The van der Waals surface area contributed by atoms with Crippen LogP contribution in [-0.2, 0) is 17.4 Å². The van der Waals surface area contributed by atoms with E-state index >= 15 is 0 Å². The van der Waals surface area contributed by atoms with Crippen LogP contribution in [0.3, 0.4) is 0 Å². The molecule has 26 heavy (non-hydrogen) atoms. The number of imidazole rings is 1. The van der Waals surface area contributed by atoms with Crippen molar-refractivity contribution in [3.63, 3.8) is 0 Å². The number of benzene rings is 1. The molecule has 1 aromatic carbocycles. The Balaban J connectivity index is 1.96. The first kappa shape index (κ1) is 20.0. The molecular weight excluding hydrogens is 347 g/mol. The first-order valence-electron chi connectivity index (χ1n) is 8.23. The molecule has 2 N–H and O–H groups in total. The van der Waals surface area contributed by atoms with Gasteiger partial charge >= 0.3 is 6.18 Å². The molecule has 0 spiro atoms. The molecular formula is C18H22F3N3O2. The number of alkyl halides is 3. The molecule has 0 radical (unpaired) electrons. The summed E-state index contributed by atoms with van der Waals surface area (Å²) in [4.78, 5) is 15.6. The molecule has 0 saturated heterocycles. The maximum absolute atomic E-state index is 13.4. The third kappa shape index (κ3) is 4.43. The number of nitrogens with zero attached hydrogens (tertiary/aromatic N) is 2. The van der Waals surface area contributed by atoms with Gasteiger partial charge in [0.25, 0.3) is 0 Å². The van der Waals surface area contributed by atoms with Gasteiger partial charge in [-0.1, -0.05) is 37.3 Å². The van der Waals surface area contributed by atoms with Gasteiger partial charge in [-0.05, 0) is 11.5 Å². The van der Waals surface area contributed by atoms with Crippen molar-refractivity contribution in [2.75, 3.05) is 6.54 Å². The van der Waals surface area contributed by atoms with Crippen molar-refractivity contribution in [2.24, 2.45) is 7.05 Å². The van der Waals surface area contributed by atoms with Gasteiger partial charge < -0.3 is 15.0 Å². The van der Waals surface area contributed by atoms with Gasteiger partial charge in [0.15, 0.2) is 0 Å². The number of aryl methyl sites for hydroxylation is 1.